The molecule has 1 aromatic carbocycles. The van der Waals surface area contributed by atoms with Gasteiger partial charge in [0.1, 0.15) is 0 Å². The summed E-state index contributed by atoms with van der Waals surface area (Å²) in [7, 11) is -3.66. The number of carbonyl (C=O) groups is 1. The third kappa shape index (κ3) is 3.02. The van der Waals surface area contributed by atoms with E-state index >= 15 is 0 Å². The molecule has 0 unspecified atom stereocenters. The second-order valence-corrected chi connectivity index (χ2v) is 7.20. The van der Waals surface area contributed by atoms with Gasteiger partial charge in [0.15, 0.2) is 0 Å². The maximum atomic E-state index is 12.3. The predicted octanol–water partition coefficient (Wildman–Crippen LogP) is 2.16. The smallest absolute Gasteiger partial charge is 0.335 e. The summed E-state index contributed by atoms with van der Waals surface area (Å²) >= 11 is 0. The lowest BCUT2D eigenvalue weighted by Crippen LogP contribution is -2.30. The molecule has 2 N–H and O–H groups in total. The molecule has 1 aliphatic carbocycles. The Morgan fingerprint density at radius 3 is 2.55 bits per heavy atom. The van der Waals surface area contributed by atoms with Gasteiger partial charge >= 0.3 is 5.97 Å². The third-order valence-electron chi connectivity index (χ3n) is 4.07. The van der Waals surface area contributed by atoms with E-state index in [-0.39, 0.29) is 15.9 Å². The van der Waals surface area contributed by atoms with Crippen LogP contribution in [0.4, 0.5) is 0 Å². The number of carboxylic acid groups (broad SMARTS) is 1. The van der Waals surface area contributed by atoms with Crippen molar-refractivity contribution >= 4 is 16.0 Å². The highest BCUT2D eigenvalue weighted by Crippen LogP contribution is 2.48. The van der Waals surface area contributed by atoms with Crippen molar-refractivity contribution in [3.8, 4) is 0 Å². The molecule has 0 aliphatic heterocycles. The van der Waals surface area contributed by atoms with Gasteiger partial charge in [0.2, 0.25) is 10.0 Å². The fourth-order valence-electron chi connectivity index (χ4n) is 2.18. The van der Waals surface area contributed by atoms with Crippen molar-refractivity contribution in [1.29, 1.82) is 0 Å². The number of rotatable bonds is 6. The Morgan fingerprint density at radius 1 is 1.40 bits per heavy atom. The zero-order chi connectivity index (χ0) is 15.0. The maximum Gasteiger partial charge on any atom is 0.335 e. The molecule has 0 spiro atoms. The van der Waals surface area contributed by atoms with Crippen LogP contribution in [0.1, 0.15) is 42.1 Å². The molecular weight excluding hydrogens is 278 g/mol. The van der Waals surface area contributed by atoms with Crippen LogP contribution < -0.4 is 4.72 Å². The van der Waals surface area contributed by atoms with E-state index in [2.05, 4.69) is 11.6 Å². The van der Waals surface area contributed by atoms with Gasteiger partial charge in [0.05, 0.1) is 10.5 Å². The number of hydrogen-bond donors (Lipinski definition) is 2. The average molecular weight is 297 g/mol. The largest absolute Gasteiger partial charge is 0.478 e. The summed E-state index contributed by atoms with van der Waals surface area (Å²) in [5, 5.41) is 8.96. The van der Waals surface area contributed by atoms with E-state index in [1.807, 2.05) is 0 Å². The van der Waals surface area contributed by atoms with Gasteiger partial charge in [-0.05, 0) is 49.3 Å². The Hall–Kier alpha value is -1.40. The van der Waals surface area contributed by atoms with Crippen LogP contribution in [-0.4, -0.2) is 26.0 Å². The van der Waals surface area contributed by atoms with E-state index in [0.717, 1.165) is 19.3 Å². The van der Waals surface area contributed by atoms with Crippen LogP contribution in [-0.2, 0) is 10.0 Å². The number of hydrogen-bond acceptors (Lipinski definition) is 3. The van der Waals surface area contributed by atoms with Gasteiger partial charge in [-0.25, -0.2) is 17.9 Å². The quantitative estimate of drug-likeness (QED) is 0.843. The molecule has 0 saturated heterocycles. The van der Waals surface area contributed by atoms with E-state index in [1.165, 1.54) is 18.2 Å². The summed E-state index contributed by atoms with van der Waals surface area (Å²) in [6.45, 7) is 4.13. The summed E-state index contributed by atoms with van der Waals surface area (Å²) in [5.41, 5.74) is 0.627. The van der Waals surface area contributed by atoms with Crippen LogP contribution in [0.2, 0.25) is 0 Å². The SMILES string of the molecule is CCC1(CNS(=O)(=O)c2cc(C(=O)O)ccc2C)CC1. The van der Waals surface area contributed by atoms with E-state index in [9.17, 15) is 13.2 Å². The average Bonchev–Trinajstić information content (AvgIpc) is 3.17. The summed E-state index contributed by atoms with van der Waals surface area (Å²) in [6, 6.07) is 4.14. The Labute approximate surface area is 119 Å². The lowest BCUT2D eigenvalue weighted by atomic mass is 10.1. The van der Waals surface area contributed by atoms with Crippen molar-refractivity contribution in [2.75, 3.05) is 6.54 Å². The maximum absolute atomic E-state index is 12.3. The molecule has 6 heteroatoms. The summed E-state index contributed by atoms with van der Waals surface area (Å²) in [5.74, 6) is -1.13. The van der Waals surface area contributed by atoms with Crippen molar-refractivity contribution in [3.05, 3.63) is 29.3 Å². The first-order valence-corrected chi connectivity index (χ1v) is 8.12. The van der Waals surface area contributed by atoms with Gasteiger partial charge < -0.3 is 5.11 Å². The van der Waals surface area contributed by atoms with E-state index < -0.39 is 16.0 Å². The Bertz CT molecular complexity index is 633. The minimum atomic E-state index is -3.66. The Kier molecular flexibility index (Phi) is 3.88. The fraction of sp³-hybridized carbons (Fsp3) is 0.500. The van der Waals surface area contributed by atoms with Crippen LogP contribution >= 0.6 is 0 Å². The number of carboxylic acids is 1. The minimum Gasteiger partial charge on any atom is -0.478 e. The molecule has 1 aliphatic rings. The number of aryl methyl sites for hydroxylation is 1. The van der Waals surface area contributed by atoms with Gasteiger partial charge in [0.25, 0.3) is 0 Å². The fourth-order valence-corrected chi connectivity index (χ4v) is 3.61. The van der Waals surface area contributed by atoms with Crippen LogP contribution in [0.15, 0.2) is 23.1 Å². The molecule has 2 rings (SSSR count). The Balaban J connectivity index is 2.24. The van der Waals surface area contributed by atoms with Crippen molar-refractivity contribution in [2.24, 2.45) is 5.41 Å². The molecule has 5 nitrogen and oxygen atoms in total. The monoisotopic (exact) mass is 297 g/mol. The molecule has 20 heavy (non-hydrogen) atoms. The van der Waals surface area contributed by atoms with Gasteiger partial charge in [-0.1, -0.05) is 13.0 Å². The lowest BCUT2D eigenvalue weighted by molar-refractivity contribution is 0.0696. The first-order valence-electron chi connectivity index (χ1n) is 6.63. The van der Waals surface area contributed by atoms with Crippen LogP contribution in [0.3, 0.4) is 0 Å². The normalized spacial score (nSPS) is 16.9. The van der Waals surface area contributed by atoms with E-state index in [0.29, 0.717) is 12.1 Å². The van der Waals surface area contributed by atoms with Crippen LogP contribution in [0.5, 0.6) is 0 Å². The lowest BCUT2D eigenvalue weighted by Gasteiger charge is -2.15. The standard InChI is InChI=1S/C14H19NO4S/c1-3-14(6-7-14)9-15-20(18,19)12-8-11(13(16)17)5-4-10(12)2/h4-5,8,15H,3,6-7,9H2,1-2H3,(H,16,17). The molecule has 1 fully saturated rings. The molecular formula is C14H19NO4S. The van der Waals surface area contributed by atoms with Crippen LogP contribution in [0.25, 0.3) is 0 Å². The number of nitrogens with one attached hydrogen (secondary N) is 1. The van der Waals surface area contributed by atoms with Crippen molar-refractivity contribution in [1.82, 2.24) is 4.72 Å². The highest BCUT2D eigenvalue weighted by molar-refractivity contribution is 7.89. The molecule has 0 radical (unpaired) electrons. The molecule has 1 aromatic rings. The van der Waals surface area contributed by atoms with E-state index in [4.69, 9.17) is 5.11 Å². The molecule has 0 atom stereocenters. The topological polar surface area (TPSA) is 83.5 Å². The highest BCUT2D eigenvalue weighted by Gasteiger charge is 2.41. The molecule has 1 saturated carbocycles. The Morgan fingerprint density at radius 2 is 2.05 bits per heavy atom. The molecule has 0 heterocycles. The second-order valence-electron chi connectivity index (χ2n) is 5.46. The van der Waals surface area contributed by atoms with Gasteiger partial charge in [0, 0.05) is 6.54 Å². The molecule has 110 valence electrons. The van der Waals surface area contributed by atoms with Crippen molar-refractivity contribution in [2.45, 2.75) is 38.0 Å². The highest BCUT2D eigenvalue weighted by atomic mass is 32.2. The van der Waals surface area contributed by atoms with Crippen LogP contribution in [0, 0.1) is 12.3 Å². The second kappa shape index (κ2) is 5.18. The zero-order valence-electron chi connectivity index (χ0n) is 11.6. The van der Waals surface area contributed by atoms with E-state index in [1.54, 1.807) is 6.92 Å². The minimum absolute atomic E-state index is 0.0207. The molecule has 0 amide bonds. The predicted molar refractivity (Wildman–Crippen MR) is 75.3 cm³/mol. The molecule has 0 bridgehead atoms. The summed E-state index contributed by atoms with van der Waals surface area (Å²) in [4.78, 5) is 11.0. The number of aromatic carboxylic acids is 1. The first kappa shape index (κ1) is 15.0. The number of sulfonamides is 1. The van der Waals surface area contributed by atoms with Gasteiger partial charge in [-0.3, -0.25) is 0 Å². The third-order valence-corrected chi connectivity index (χ3v) is 5.61. The van der Waals surface area contributed by atoms with Gasteiger partial charge in [-0.2, -0.15) is 0 Å². The molecule has 0 aromatic heterocycles. The number of benzene rings is 1. The van der Waals surface area contributed by atoms with Crippen molar-refractivity contribution in [3.63, 3.8) is 0 Å². The van der Waals surface area contributed by atoms with Gasteiger partial charge in [-0.15, -0.1) is 0 Å². The summed E-state index contributed by atoms with van der Waals surface area (Å²) in [6.07, 6.45) is 3.03. The zero-order valence-corrected chi connectivity index (χ0v) is 12.5. The summed E-state index contributed by atoms with van der Waals surface area (Å²) < 4.78 is 27.2. The first-order chi connectivity index (χ1) is 9.30. The van der Waals surface area contributed by atoms with Crippen molar-refractivity contribution < 1.29 is 18.3 Å².